The Morgan fingerprint density at radius 2 is 1.64 bits per heavy atom. The molecular formula is C24H22N2O6S. The van der Waals surface area contributed by atoms with Gasteiger partial charge in [-0.3, -0.25) is 9.52 Å². The van der Waals surface area contributed by atoms with Crippen LogP contribution in [0.1, 0.15) is 16.1 Å². The van der Waals surface area contributed by atoms with Crippen LogP contribution in [0, 0.1) is 6.92 Å². The lowest BCUT2D eigenvalue weighted by molar-refractivity contribution is 0.0998. The molecule has 0 aliphatic rings. The molecule has 0 aliphatic heterocycles. The van der Waals surface area contributed by atoms with E-state index in [1.54, 1.807) is 30.3 Å². The van der Waals surface area contributed by atoms with Gasteiger partial charge in [0.25, 0.3) is 15.9 Å². The van der Waals surface area contributed by atoms with Crippen molar-refractivity contribution in [2.75, 3.05) is 24.3 Å². The zero-order valence-electron chi connectivity index (χ0n) is 18.2. The second kappa shape index (κ2) is 8.87. The minimum atomic E-state index is -3.86. The number of hydrogen-bond acceptors (Lipinski definition) is 6. The van der Waals surface area contributed by atoms with E-state index in [1.165, 1.54) is 38.5 Å². The summed E-state index contributed by atoms with van der Waals surface area (Å²) in [4.78, 5) is 12.7. The highest BCUT2D eigenvalue weighted by Gasteiger charge is 2.18. The zero-order chi connectivity index (χ0) is 23.6. The average Bonchev–Trinajstić information content (AvgIpc) is 3.24. The minimum absolute atomic E-state index is 0.0394. The molecule has 3 aromatic carbocycles. The normalized spacial score (nSPS) is 11.2. The Labute approximate surface area is 191 Å². The van der Waals surface area contributed by atoms with Crippen LogP contribution in [-0.2, 0) is 10.0 Å². The molecule has 0 saturated heterocycles. The molecule has 33 heavy (non-hydrogen) atoms. The maximum Gasteiger partial charge on any atom is 0.291 e. The predicted molar refractivity (Wildman–Crippen MR) is 126 cm³/mol. The van der Waals surface area contributed by atoms with Crippen LogP contribution in [0.5, 0.6) is 11.5 Å². The number of anilines is 2. The molecule has 2 N–H and O–H groups in total. The second-order valence-electron chi connectivity index (χ2n) is 7.28. The van der Waals surface area contributed by atoms with Gasteiger partial charge in [-0.1, -0.05) is 18.2 Å². The van der Waals surface area contributed by atoms with Crippen LogP contribution in [-0.4, -0.2) is 28.5 Å². The smallest absolute Gasteiger partial charge is 0.291 e. The molecule has 0 atom stereocenters. The first-order valence-electron chi connectivity index (χ1n) is 9.96. The molecule has 1 aromatic heterocycles. The van der Waals surface area contributed by atoms with E-state index in [9.17, 15) is 13.2 Å². The number of hydrogen-bond donors (Lipinski definition) is 2. The van der Waals surface area contributed by atoms with Crippen LogP contribution >= 0.6 is 0 Å². The molecule has 9 heteroatoms. The topological polar surface area (TPSA) is 107 Å². The number of fused-ring (bicyclic) bond motifs is 1. The van der Waals surface area contributed by atoms with Gasteiger partial charge >= 0.3 is 0 Å². The molecule has 1 amide bonds. The van der Waals surface area contributed by atoms with E-state index in [1.807, 2.05) is 19.1 Å². The number of aryl methyl sites for hydroxylation is 1. The van der Waals surface area contributed by atoms with E-state index >= 15 is 0 Å². The Morgan fingerprint density at radius 1 is 0.909 bits per heavy atom. The van der Waals surface area contributed by atoms with Crippen molar-refractivity contribution < 1.29 is 27.1 Å². The minimum Gasteiger partial charge on any atom is -0.495 e. The number of carbonyl (C=O) groups is 1. The fourth-order valence-corrected chi connectivity index (χ4v) is 4.39. The highest BCUT2D eigenvalue weighted by Crippen LogP contribution is 2.30. The van der Waals surface area contributed by atoms with Gasteiger partial charge in [-0.2, -0.15) is 0 Å². The lowest BCUT2D eigenvalue weighted by Gasteiger charge is -2.13. The van der Waals surface area contributed by atoms with E-state index < -0.39 is 15.9 Å². The molecule has 8 nitrogen and oxygen atoms in total. The summed E-state index contributed by atoms with van der Waals surface area (Å²) in [6.45, 7) is 1.85. The lowest BCUT2D eigenvalue weighted by Crippen LogP contribution is -2.14. The number of nitrogens with one attached hydrogen (secondary N) is 2. The Bertz CT molecular complexity index is 1430. The maximum absolute atomic E-state index is 12.8. The zero-order valence-corrected chi connectivity index (χ0v) is 19.0. The summed E-state index contributed by atoms with van der Waals surface area (Å²) in [6.07, 6.45) is 0. The van der Waals surface area contributed by atoms with Gasteiger partial charge in [-0.25, -0.2) is 8.42 Å². The number of carbonyl (C=O) groups excluding carboxylic acids is 1. The average molecular weight is 467 g/mol. The molecular weight excluding hydrogens is 444 g/mol. The van der Waals surface area contributed by atoms with Crippen LogP contribution in [0.25, 0.3) is 11.0 Å². The number of methoxy groups -OCH3 is 2. The first-order valence-corrected chi connectivity index (χ1v) is 11.4. The van der Waals surface area contributed by atoms with Gasteiger partial charge in [-0.15, -0.1) is 0 Å². The third kappa shape index (κ3) is 4.63. The standard InChI is InChI=1S/C24H22N2O6S/c1-15-7-12-20(30-2)19(13-15)26-33(28,29)18-10-8-17(9-11-18)25-24(27)22-14-16-5-4-6-21(31-3)23(16)32-22/h4-14,26H,1-3H3,(H,25,27). The van der Waals surface area contributed by atoms with Gasteiger partial charge in [0.05, 0.1) is 24.8 Å². The molecule has 0 fully saturated rings. The first-order chi connectivity index (χ1) is 15.8. The quantitative estimate of drug-likeness (QED) is 0.405. The van der Waals surface area contributed by atoms with Crippen molar-refractivity contribution >= 4 is 38.3 Å². The van der Waals surface area contributed by atoms with Gasteiger partial charge in [0, 0.05) is 11.1 Å². The third-order valence-electron chi connectivity index (χ3n) is 4.97. The number of benzene rings is 3. The highest BCUT2D eigenvalue weighted by atomic mass is 32.2. The number of rotatable bonds is 7. The van der Waals surface area contributed by atoms with Crippen molar-refractivity contribution in [3.05, 3.63) is 78.1 Å². The van der Waals surface area contributed by atoms with Gasteiger partial charge in [0.1, 0.15) is 5.75 Å². The van der Waals surface area contributed by atoms with Crippen molar-refractivity contribution in [3.63, 3.8) is 0 Å². The first kappa shape index (κ1) is 22.2. The summed E-state index contributed by atoms with van der Waals surface area (Å²) in [5, 5.41) is 3.44. The second-order valence-corrected chi connectivity index (χ2v) is 8.96. The van der Waals surface area contributed by atoms with E-state index in [-0.39, 0.29) is 10.7 Å². The number of amides is 1. The molecule has 170 valence electrons. The Morgan fingerprint density at radius 3 is 2.33 bits per heavy atom. The van der Waals surface area contributed by atoms with Gasteiger partial charge in [-0.05, 0) is 61.0 Å². The van der Waals surface area contributed by atoms with Crippen LogP contribution in [0.2, 0.25) is 0 Å². The van der Waals surface area contributed by atoms with E-state index in [0.29, 0.717) is 28.5 Å². The van der Waals surface area contributed by atoms with Crippen molar-refractivity contribution in [1.29, 1.82) is 0 Å². The van der Waals surface area contributed by atoms with Gasteiger partial charge in [0.15, 0.2) is 17.1 Å². The lowest BCUT2D eigenvalue weighted by atomic mass is 10.2. The third-order valence-corrected chi connectivity index (χ3v) is 6.35. The highest BCUT2D eigenvalue weighted by molar-refractivity contribution is 7.92. The number of ether oxygens (including phenoxy) is 2. The number of para-hydroxylation sites is 1. The largest absolute Gasteiger partial charge is 0.495 e. The van der Waals surface area contributed by atoms with Crippen LogP contribution in [0.3, 0.4) is 0 Å². The summed E-state index contributed by atoms with van der Waals surface area (Å²) in [5.41, 5.74) is 2.12. The number of sulfonamides is 1. The van der Waals surface area contributed by atoms with Gasteiger partial charge < -0.3 is 19.2 Å². The van der Waals surface area contributed by atoms with Crippen molar-refractivity contribution in [2.45, 2.75) is 11.8 Å². The van der Waals surface area contributed by atoms with E-state index in [2.05, 4.69) is 10.0 Å². The molecule has 4 rings (SSSR count). The monoisotopic (exact) mass is 466 g/mol. The maximum atomic E-state index is 12.8. The van der Waals surface area contributed by atoms with Gasteiger partial charge in [0.2, 0.25) is 0 Å². The molecule has 0 radical (unpaired) electrons. The van der Waals surface area contributed by atoms with Crippen LogP contribution in [0.15, 0.2) is 76.0 Å². The Kier molecular flexibility index (Phi) is 5.97. The SMILES string of the molecule is COc1ccc(C)cc1NS(=O)(=O)c1ccc(NC(=O)c2cc3cccc(OC)c3o2)cc1. The Hall–Kier alpha value is -3.98. The fourth-order valence-electron chi connectivity index (χ4n) is 3.32. The summed E-state index contributed by atoms with van der Waals surface area (Å²) in [6, 6.07) is 18.0. The van der Waals surface area contributed by atoms with Crippen LogP contribution < -0.4 is 19.5 Å². The van der Waals surface area contributed by atoms with E-state index in [4.69, 9.17) is 13.9 Å². The van der Waals surface area contributed by atoms with Crippen molar-refractivity contribution in [2.24, 2.45) is 0 Å². The number of furan rings is 1. The molecule has 0 saturated carbocycles. The molecule has 4 aromatic rings. The summed E-state index contributed by atoms with van der Waals surface area (Å²) in [7, 11) is -0.866. The van der Waals surface area contributed by atoms with Crippen molar-refractivity contribution in [3.8, 4) is 11.5 Å². The Balaban J connectivity index is 1.51. The molecule has 1 heterocycles. The summed E-state index contributed by atoms with van der Waals surface area (Å²) in [5.74, 6) is 0.584. The van der Waals surface area contributed by atoms with E-state index in [0.717, 1.165) is 10.9 Å². The predicted octanol–water partition coefficient (Wildman–Crippen LogP) is 4.81. The summed E-state index contributed by atoms with van der Waals surface area (Å²) >= 11 is 0. The molecule has 0 bridgehead atoms. The van der Waals surface area contributed by atoms with Crippen molar-refractivity contribution in [1.82, 2.24) is 0 Å². The molecule has 0 spiro atoms. The molecule has 0 aliphatic carbocycles. The fraction of sp³-hybridized carbons (Fsp3) is 0.125. The summed E-state index contributed by atoms with van der Waals surface area (Å²) < 4.78 is 44.3. The molecule has 0 unspecified atom stereocenters. The van der Waals surface area contributed by atoms with Crippen LogP contribution in [0.4, 0.5) is 11.4 Å².